The lowest BCUT2D eigenvalue weighted by molar-refractivity contribution is 0.614. The number of hydrogen-bond acceptors (Lipinski definition) is 0. The Morgan fingerprint density at radius 2 is 2.38 bits per heavy atom. The summed E-state index contributed by atoms with van der Waals surface area (Å²) in [5.41, 5.74) is 1.69. The molecular weight excluding hydrogens is 96.1 g/mol. The molecular formula is C8H14. The summed E-state index contributed by atoms with van der Waals surface area (Å²) in [5, 5.41) is 0. The summed E-state index contributed by atoms with van der Waals surface area (Å²) in [6.07, 6.45) is 6.35. The third-order valence-electron chi connectivity index (χ3n) is 1.79. The molecule has 0 aliphatic heterocycles. The van der Waals surface area contributed by atoms with Gasteiger partial charge in [0.25, 0.3) is 0 Å². The molecule has 0 heteroatoms. The molecule has 1 unspecified atom stereocenters. The van der Waals surface area contributed by atoms with E-state index in [1.807, 2.05) is 0 Å². The van der Waals surface area contributed by atoms with Gasteiger partial charge in [-0.15, -0.1) is 0 Å². The molecule has 0 spiro atoms. The van der Waals surface area contributed by atoms with Crippen LogP contribution in [0.25, 0.3) is 0 Å². The molecule has 8 heavy (non-hydrogen) atoms. The normalized spacial score (nSPS) is 20.0. The van der Waals surface area contributed by atoms with Crippen molar-refractivity contribution >= 4 is 0 Å². The van der Waals surface area contributed by atoms with Crippen molar-refractivity contribution in [2.24, 2.45) is 5.92 Å². The Hall–Kier alpha value is -0.260. The highest BCUT2D eigenvalue weighted by Gasteiger charge is 2.13. The lowest BCUT2D eigenvalue weighted by Gasteiger charge is -2.02. The smallest absolute Gasteiger partial charge is 0.0133 e. The molecule has 0 bridgehead atoms. The molecule has 0 aromatic carbocycles. The van der Waals surface area contributed by atoms with E-state index in [1.54, 1.807) is 5.57 Å². The third kappa shape index (κ3) is 1.36. The summed E-state index contributed by atoms with van der Waals surface area (Å²) in [4.78, 5) is 0. The van der Waals surface area contributed by atoms with Crippen LogP contribution in [0.15, 0.2) is 11.6 Å². The van der Waals surface area contributed by atoms with E-state index >= 15 is 0 Å². The van der Waals surface area contributed by atoms with Gasteiger partial charge in [-0.2, -0.15) is 0 Å². The van der Waals surface area contributed by atoms with Gasteiger partial charge in [-0.25, -0.2) is 0 Å². The first-order valence-electron chi connectivity index (χ1n) is 3.53. The first-order valence-corrected chi connectivity index (χ1v) is 3.53. The summed E-state index contributed by atoms with van der Waals surface area (Å²) in [6, 6.07) is 0. The Balaban J connectivity index is 2.13. The van der Waals surface area contributed by atoms with E-state index in [0.717, 1.165) is 5.92 Å². The van der Waals surface area contributed by atoms with Crippen LogP contribution in [0.5, 0.6) is 0 Å². The molecule has 0 aromatic rings. The topological polar surface area (TPSA) is 0 Å². The molecule has 1 aliphatic carbocycles. The van der Waals surface area contributed by atoms with Gasteiger partial charge < -0.3 is 0 Å². The first-order chi connectivity index (χ1) is 3.84. The quantitative estimate of drug-likeness (QED) is 0.490. The van der Waals surface area contributed by atoms with E-state index in [1.165, 1.54) is 19.3 Å². The Kier molecular flexibility index (Phi) is 1.72. The van der Waals surface area contributed by atoms with Crippen molar-refractivity contribution in [2.45, 2.75) is 33.1 Å². The molecule has 0 nitrogen and oxygen atoms in total. The van der Waals surface area contributed by atoms with Crippen molar-refractivity contribution < 1.29 is 0 Å². The van der Waals surface area contributed by atoms with Crippen LogP contribution < -0.4 is 0 Å². The number of rotatable bonds is 3. The zero-order valence-corrected chi connectivity index (χ0v) is 5.78. The average Bonchev–Trinajstić information content (AvgIpc) is 2.45. The minimum atomic E-state index is 0.889. The maximum absolute atomic E-state index is 2.33. The SMILES string of the molecule is CCCC(C)C1=CC1. The molecule has 0 fully saturated rings. The van der Waals surface area contributed by atoms with Crippen LogP contribution in [0.3, 0.4) is 0 Å². The van der Waals surface area contributed by atoms with Gasteiger partial charge in [0.15, 0.2) is 0 Å². The van der Waals surface area contributed by atoms with Crippen LogP contribution in [0.4, 0.5) is 0 Å². The van der Waals surface area contributed by atoms with Crippen LogP contribution in [0.2, 0.25) is 0 Å². The van der Waals surface area contributed by atoms with Crippen molar-refractivity contribution in [1.29, 1.82) is 0 Å². The summed E-state index contributed by atoms with van der Waals surface area (Å²) >= 11 is 0. The van der Waals surface area contributed by atoms with E-state index in [4.69, 9.17) is 0 Å². The molecule has 0 heterocycles. The van der Waals surface area contributed by atoms with Gasteiger partial charge in [-0.05, 0) is 18.8 Å². The molecule has 0 radical (unpaired) electrons. The van der Waals surface area contributed by atoms with E-state index < -0.39 is 0 Å². The number of hydrogen-bond donors (Lipinski definition) is 0. The highest BCUT2D eigenvalue weighted by atomic mass is 14.2. The van der Waals surface area contributed by atoms with Crippen molar-refractivity contribution in [2.75, 3.05) is 0 Å². The predicted octanol–water partition coefficient (Wildman–Crippen LogP) is 2.75. The predicted molar refractivity (Wildman–Crippen MR) is 36.8 cm³/mol. The van der Waals surface area contributed by atoms with Gasteiger partial charge in [0, 0.05) is 0 Å². The largest absolute Gasteiger partial charge is 0.0807 e. The molecule has 1 aliphatic rings. The Morgan fingerprint density at radius 1 is 1.75 bits per heavy atom. The molecule has 0 saturated heterocycles. The van der Waals surface area contributed by atoms with E-state index in [9.17, 15) is 0 Å². The highest BCUT2D eigenvalue weighted by Crippen LogP contribution is 2.29. The lowest BCUT2D eigenvalue weighted by atomic mass is 10.0. The van der Waals surface area contributed by atoms with E-state index in [2.05, 4.69) is 19.9 Å². The third-order valence-corrected chi connectivity index (χ3v) is 1.79. The zero-order valence-electron chi connectivity index (χ0n) is 5.78. The maximum Gasteiger partial charge on any atom is -0.0133 e. The van der Waals surface area contributed by atoms with Crippen molar-refractivity contribution in [3.05, 3.63) is 11.6 Å². The van der Waals surface area contributed by atoms with E-state index in [0.29, 0.717) is 0 Å². The van der Waals surface area contributed by atoms with Gasteiger partial charge >= 0.3 is 0 Å². The average molecular weight is 110 g/mol. The zero-order chi connectivity index (χ0) is 5.98. The fourth-order valence-corrected chi connectivity index (χ4v) is 1.08. The van der Waals surface area contributed by atoms with Crippen molar-refractivity contribution in [3.63, 3.8) is 0 Å². The highest BCUT2D eigenvalue weighted by molar-refractivity contribution is 5.23. The summed E-state index contributed by atoms with van der Waals surface area (Å²) in [7, 11) is 0. The second kappa shape index (κ2) is 2.34. The van der Waals surface area contributed by atoms with Crippen LogP contribution >= 0.6 is 0 Å². The maximum atomic E-state index is 2.33. The fourth-order valence-electron chi connectivity index (χ4n) is 1.08. The van der Waals surface area contributed by atoms with Gasteiger partial charge in [-0.1, -0.05) is 31.9 Å². The summed E-state index contributed by atoms with van der Waals surface area (Å²) in [5.74, 6) is 0.889. The van der Waals surface area contributed by atoms with Crippen molar-refractivity contribution in [1.82, 2.24) is 0 Å². The van der Waals surface area contributed by atoms with Gasteiger partial charge in [0.1, 0.15) is 0 Å². The summed E-state index contributed by atoms with van der Waals surface area (Å²) < 4.78 is 0. The Morgan fingerprint density at radius 3 is 2.75 bits per heavy atom. The van der Waals surface area contributed by atoms with Crippen LogP contribution in [0.1, 0.15) is 33.1 Å². The first kappa shape index (κ1) is 5.87. The standard InChI is InChI=1S/C8H14/c1-3-4-7(2)8-5-6-8/h5,7H,3-4,6H2,1-2H3. The Labute approximate surface area is 51.6 Å². The molecule has 46 valence electrons. The van der Waals surface area contributed by atoms with Crippen LogP contribution in [-0.2, 0) is 0 Å². The van der Waals surface area contributed by atoms with Gasteiger partial charge in [-0.3, -0.25) is 0 Å². The van der Waals surface area contributed by atoms with Crippen LogP contribution in [-0.4, -0.2) is 0 Å². The molecule has 0 saturated carbocycles. The van der Waals surface area contributed by atoms with Crippen LogP contribution in [0, 0.1) is 5.92 Å². The fraction of sp³-hybridized carbons (Fsp3) is 0.750. The molecule has 1 atom stereocenters. The molecule has 0 N–H and O–H groups in total. The minimum Gasteiger partial charge on any atom is -0.0807 e. The number of allylic oxidation sites excluding steroid dienone is 2. The van der Waals surface area contributed by atoms with E-state index in [-0.39, 0.29) is 0 Å². The minimum absolute atomic E-state index is 0.889. The molecule has 0 aromatic heterocycles. The molecule has 1 rings (SSSR count). The second-order valence-corrected chi connectivity index (χ2v) is 2.67. The second-order valence-electron chi connectivity index (χ2n) is 2.67. The molecule has 0 amide bonds. The summed E-state index contributed by atoms with van der Waals surface area (Å²) in [6.45, 7) is 4.57. The van der Waals surface area contributed by atoms with Gasteiger partial charge in [0.05, 0.1) is 0 Å². The monoisotopic (exact) mass is 110 g/mol. The van der Waals surface area contributed by atoms with Gasteiger partial charge in [0.2, 0.25) is 0 Å². The van der Waals surface area contributed by atoms with Crippen molar-refractivity contribution in [3.8, 4) is 0 Å². The lowest BCUT2D eigenvalue weighted by Crippen LogP contribution is -1.88. The Bertz CT molecular complexity index is 101.